The van der Waals surface area contributed by atoms with Gasteiger partial charge in [-0.1, -0.05) is 77.6 Å². The molecule has 0 bridgehead atoms. The molecule has 2 fully saturated rings. The fourth-order valence-corrected chi connectivity index (χ4v) is 5.53. The van der Waals surface area contributed by atoms with Crippen LogP contribution in [0.5, 0.6) is 0 Å². The van der Waals surface area contributed by atoms with Gasteiger partial charge in [-0.05, 0) is 33.2 Å². The number of piperazine rings is 1. The van der Waals surface area contributed by atoms with Gasteiger partial charge in [0.15, 0.2) is 0 Å². The average molecular weight is 544 g/mol. The van der Waals surface area contributed by atoms with Gasteiger partial charge in [0.25, 0.3) is 0 Å². The molecule has 2 heterocycles. The van der Waals surface area contributed by atoms with Gasteiger partial charge in [0, 0.05) is 65.4 Å². The molecule has 4 amide bonds. The van der Waals surface area contributed by atoms with Gasteiger partial charge in [0.05, 0.1) is 0 Å². The number of urea groups is 2. The Kier molecular flexibility index (Phi) is 18.9. The molecule has 0 aliphatic carbocycles. The third-order valence-corrected chi connectivity index (χ3v) is 8.04. The molecule has 2 rings (SSSR count). The molecule has 0 spiro atoms. The highest BCUT2D eigenvalue weighted by Crippen LogP contribution is 2.15. The molecule has 0 aromatic heterocycles. The average Bonchev–Trinajstić information content (AvgIpc) is 3.24. The number of unbranched alkanes of at least 4 members (excludes halogenated alkanes) is 11. The van der Waals surface area contributed by atoms with E-state index >= 15 is 0 Å². The number of carbonyl (C=O) groups excluding carboxylic acids is 2. The zero-order chi connectivity index (χ0) is 26.0. The summed E-state index contributed by atoms with van der Waals surface area (Å²) in [5, 5.41) is 0. The molecule has 0 N–H and O–H groups in total. The van der Waals surface area contributed by atoms with Gasteiger partial charge < -0.3 is 19.6 Å². The Morgan fingerprint density at radius 2 is 1.08 bits per heavy atom. The highest BCUT2D eigenvalue weighted by Gasteiger charge is 2.28. The van der Waals surface area contributed by atoms with Crippen molar-refractivity contribution >= 4 is 24.5 Å². The zero-order valence-electron chi connectivity index (χ0n) is 24.4. The van der Waals surface area contributed by atoms with Crippen LogP contribution in [-0.4, -0.2) is 109 Å². The summed E-state index contributed by atoms with van der Waals surface area (Å²) in [6, 6.07) is 0.420. The summed E-state index contributed by atoms with van der Waals surface area (Å²) in [6.07, 6.45) is 17.3. The van der Waals surface area contributed by atoms with Crippen molar-refractivity contribution in [3.05, 3.63) is 0 Å². The van der Waals surface area contributed by atoms with Crippen molar-refractivity contribution in [1.29, 1.82) is 0 Å². The summed E-state index contributed by atoms with van der Waals surface area (Å²) >= 11 is 0. The molecule has 0 atom stereocenters. The molecule has 37 heavy (non-hydrogen) atoms. The van der Waals surface area contributed by atoms with Gasteiger partial charge in [0.1, 0.15) is 0 Å². The van der Waals surface area contributed by atoms with E-state index in [9.17, 15) is 9.59 Å². The highest BCUT2D eigenvalue weighted by atomic mass is 35.5. The van der Waals surface area contributed by atoms with E-state index in [4.69, 9.17) is 0 Å². The van der Waals surface area contributed by atoms with E-state index in [0.717, 1.165) is 84.8 Å². The van der Waals surface area contributed by atoms with Crippen LogP contribution in [0.2, 0.25) is 0 Å². The fraction of sp³-hybridized carbons (Fsp3) is 0.931. The lowest BCUT2D eigenvalue weighted by Crippen LogP contribution is -2.53. The van der Waals surface area contributed by atoms with Crippen LogP contribution in [0.25, 0.3) is 0 Å². The lowest BCUT2D eigenvalue weighted by Gasteiger charge is -2.37. The summed E-state index contributed by atoms with van der Waals surface area (Å²) in [5.41, 5.74) is 0. The lowest BCUT2D eigenvalue weighted by atomic mass is 10.1. The van der Waals surface area contributed by atoms with Gasteiger partial charge in [-0.25, -0.2) is 9.59 Å². The van der Waals surface area contributed by atoms with Crippen LogP contribution >= 0.6 is 12.4 Å². The normalized spacial score (nSPS) is 16.4. The van der Waals surface area contributed by atoms with Crippen molar-refractivity contribution in [2.75, 3.05) is 72.0 Å². The Balaban J connectivity index is 0.00000684. The molecule has 2 saturated heterocycles. The second kappa shape index (κ2) is 20.7. The van der Waals surface area contributed by atoms with Crippen molar-refractivity contribution in [1.82, 2.24) is 24.5 Å². The molecular formula is C29H58ClN5O2. The number of amides is 4. The maximum absolute atomic E-state index is 12.7. The molecule has 8 heteroatoms. The molecular weight excluding hydrogens is 486 g/mol. The van der Waals surface area contributed by atoms with E-state index in [1.807, 2.05) is 28.5 Å². The van der Waals surface area contributed by atoms with E-state index in [1.165, 1.54) is 70.6 Å². The minimum atomic E-state index is 0. The van der Waals surface area contributed by atoms with Crippen LogP contribution in [0.1, 0.15) is 104 Å². The Bertz CT molecular complexity index is 597. The molecule has 2 aliphatic heterocycles. The molecule has 7 nitrogen and oxygen atoms in total. The molecule has 0 aromatic rings. The highest BCUT2D eigenvalue weighted by molar-refractivity contribution is 5.85. The van der Waals surface area contributed by atoms with Crippen LogP contribution in [0.15, 0.2) is 0 Å². The third kappa shape index (κ3) is 12.9. The second-order valence-corrected chi connectivity index (χ2v) is 10.8. The minimum Gasteiger partial charge on any atom is -0.325 e. The SMILES string of the molecule is CCCCCCCCCCCCCCN1CCN(CCCN2CCN(C(=O)N(CC)CC)CC2)C1=O.Cl. The van der Waals surface area contributed by atoms with Gasteiger partial charge >= 0.3 is 12.1 Å². The van der Waals surface area contributed by atoms with Crippen LogP contribution < -0.4 is 0 Å². The number of carbonyl (C=O) groups is 2. The van der Waals surface area contributed by atoms with Crippen molar-refractivity contribution < 1.29 is 9.59 Å². The van der Waals surface area contributed by atoms with E-state index in [2.05, 4.69) is 16.7 Å². The van der Waals surface area contributed by atoms with Gasteiger partial charge in [-0.3, -0.25) is 4.90 Å². The van der Waals surface area contributed by atoms with Crippen LogP contribution in [0.4, 0.5) is 9.59 Å². The number of hydrogen-bond donors (Lipinski definition) is 0. The first kappa shape index (κ1) is 33.8. The smallest absolute Gasteiger partial charge is 0.320 e. The molecule has 0 unspecified atom stereocenters. The Hall–Kier alpha value is -1.21. The Labute approximate surface area is 234 Å². The van der Waals surface area contributed by atoms with Crippen molar-refractivity contribution in [3.63, 3.8) is 0 Å². The Morgan fingerprint density at radius 1 is 0.622 bits per heavy atom. The molecule has 0 radical (unpaired) electrons. The number of halogens is 1. The zero-order valence-corrected chi connectivity index (χ0v) is 25.2. The van der Waals surface area contributed by atoms with E-state index in [0.29, 0.717) is 0 Å². The third-order valence-electron chi connectivity index (χ3n) is 8.04. The first-order chi connectivity index (χ1) is 17.6. The Morgan fingerprint density at radius 3 is 1.57 bits per heavy atom. The maximum atomic E-state index is 12.7. The van der Waals surface area contributed by atoms with E-state index in [1.54, 1.807) is 0 Å². The summed E-state index contributed by atoms with van der Waals surface area (Å²) in [4.78, 5) is 35.7. The second-order valence-electron chi connectivity index (χ2n) is 10.8. The van der Waals surface area contributed by atoms with E-state index in [-0.39, 0.29) is 24.5 Å². The fourth-order valence-electron chi connectivity index (χ4n) is 5.53. The molecule has 0 saturated carbocycles. The largest absolute Gasteiger partial charge is 0.325 e. The van der Waals surface area contributed by atoms with Gasteiger partial charge in [0.2, 0.25) is 0 Å². The quantitative estimate of drug-likeness (QED) is 0.179. The van der Waals surface area contributed by atoms with Crippen LogP contribution in [0, 0.1) is 0 Å². The topological polar surface area (TPSA) is 50.3 Å². The molecule has 0 aromatic carbocycles. The maximum Gasteiger partial charge on any atom is 0.320 e. The minimum absolute atomic E-state index is 0. The van der Waals surface area contributed by atoms with Crippen molar-refractivity contribution in [3.8, 4) is 0 Å². The predicted octanol–water partition coefficient (Wildman–Crippen LogP) is 6.32. The monoisotopic (exact) mass is 543 g/mol. The summed E-state index contributed by atoms with van der Waals surface area (Å²) in [7, 11) is 0. The summed E-state index contributed by atoms with van der Waals surface area (Å²) in [5.74, 6) is 0. The van der Waals surface area contributed by atoms with Crippen molar-refractivity contribution in [2.24, 2.45) is 0 Å². The van der Waals surface area contributed by atoms with Crippen LogP contribution in [-0.2, 0) is 0 Å². The number of hydrogen-bond acceptors (Lipinski definition) is 3. The number of nitrogens with zero attached hydrogens (tertiary/aromatic N) is 5. The summed E-state index contributed by atoms with van der Waals surface area (Å²) in [6.45, 7) is 16.0. The molecule has 218 valence electrons. The molecule has 2 aliphatic rings. The first-order valence-corrected chi connectivity index (χ1v) is 15.4. The van der Waals surface area contributed by atoms with Gasteiger partial charge in [-0.15, -0.1) is 12.4 Å². The van der Waals surface area contributed by atoms with E-state index < -0.39 is 0 Å². The predicted molar refractivity (Wildman–Crippen MR) is 158 cm³/mol. The van der Waals surface area contributed by atoms with Crippen LogP contribution in [0.3, 0.4) is 0 Å². The first-order valence-electron chi connectivity index (χ1n) is 15.4. The lowest BCUT2D eigenvalue weighted by molar-refractivity contribution is 0.113. The number of rotatable bonds is 19. The standard InChI is InChI=1S/C29H57N5O2.ClH/c1-4-7-8-9-10-11-12-13-14-15-16-17-20-32-26-27-33(29(32)36)21-18-19-30-22-24-34(25-23-30)28(35)31(5-2)6-3;/h4-27H2,1-3H3;1H. The van der Waals surface area contributed by atoms with Crippen molar-refractivity contribution in [2.45, 2.75) is 104 Å². The summed E-state index contributed by atoms with van der Waals surface area (Å²) < 4.78 is 0. The van der Waals surface area contributed by atoms with Gasteiger partial charge in [-0.2, -0.15) is 0 Å².